The molecular formula is C14H29NO. The van der Waals surface area contributed by atoms with E-state index in [4.69, 9.17) is 0 Å². The molecule has 0 aliphatic carbocycles. The molecule has 0 saturated heterocycles. The van der Waals surface area contributed by atoms with Gasteiger partial charge in [0, 0.05) is 12.5 Å². The Morgan fingerprint density at radius 3 is 2.25 bits per heavy atom. The molecule has 0 bridgehead atoms. The van der Waals surface area contributed by atoms with Gasteiger partial charge in [-0.1, -0.05) is 59.3 Å². The van der Waals surface area contributed by atoms with Crippen LogP contribution < -0.4 is 5.32 Å². The summed E-state index contributed by atoms with van der Waals surface area (Å²) in [7, 11) is 0. The first-order valence-corrected chi connectivity index (χ1v) is 7.00. The molecule has 0 radical (unpaired) electrons. The van der Waals surface area contributed by atoms with Crippen molar-refractivity contribution in [3.05, 3.63) is 0 Å². The first-order valence-electron chi connectivity index (χ1n) is 7.00. The van der Waals surface area contributed by atoms with Crippen molar-refractivity contribution in [1.82, 2.24) is 5.32 Å². The van der Waals surface area contributed by atoms with E-state index in [-0.39, 0.29) is 11.8 Å². The number of hydrogen-bond acceptors (Lipinski definition) is 1. The fourth-order valence-electron chi connectivity index (χ4n) is 1.75. The summed E-state index contributed by atoms with van der Waals surface area (Å²) in [6.45, 7) is 7.25. The topological polar surface area (TPSA) is 29.1 Å². The summed E-state index contributed by atoms with van der Waals surface area (Å²) in [6.07, 6.45) is 9.69. The van der Waals surface area contributed by atoms with Crippen molar-refractivity contribution in [3.63, 3.8) is 0 Å². The van der Waals surface area contributed by atoms with Gasteiger partial charge in [-0.15, -0.1) is 0 Å². The first-order chi connectivity index (χ1) is 7.72. The standard InChI is InChI=1S/C14H29NO/c1-4-6-8-9-10-11-13(3)14(16)15-12-7-5-2/h13H,4-12H2,1-3H3,(H,15,16). The van der Waals surface area contributed by atoms with Crippen LogP contribution in [0, 0.1) is 5.92 Å². The third kappa shape index (κ3) is 8.75. The van der Waals surface area contributed by atoms with Crippen LogP contribution in [0.15, 0.2) is 0 Å². The molecule has 0 aromatic heterocycles. The molecule has 0 fully saturated rings. The second-order valence-corrected chi connectivity index (χ2v) is 4.75. The van der Waals surface area contributed by atoms with E-state index in [1.54, 1.807) is 0 Å². The summed E-state index contributed by atoms with van der Waals surface area (Å²) in [5.41, 5.74) is 0. The third-order valence-electron chi connectivity index (χ3n) is 3.02. The van der Waals surface area contributed by atoms with Gasteiger partial charge in [-0.25, -0.2) is 0 Å². The zero-order valence-corrected chi connectivity index (χ0v) is 11.3. The van der Waals surface area contributed by atoms with Crippen LogP contribution in [0.3, 0.4) is 0 Å². The lowest BCUT2D eigenvalue weighted by Crippen LogP contribution is -2.29. The number of carbonyl (C=O) groups is 1. The average Bonchev–Trinajstić information content (AvgIpc) is 2.28. The summed E-state index contributed by atoms with van der Waals surface area (Å²) in [6, 6.07) is 0. The van der Waals surface area contributed by atoms with E-state index in [0.29, 0.717) is 0 Å². The summed E-state index contributed by atoms with van der Waals surface area (Å²) >= 11 is 0. The van der Waals surface area contributed by atoms with Crippen LogP contribution in [-0.2, 0) is 4.79 Å². The number of rotatable bonds is 10. The SMILES string of the molecule is CCCCCCCC(C)C(=O)NCCCC. The molecule has 1 atom stereocenters. The molecule has 0 aliphatic rings. The molecule has 16 heavy (non-hydrogen) atoms. The molecule has 2 nitrogen and oxygen atoms in total. The van der Waals surface area contributed by atoms with E-state index in [9.17, 15) is 4.79 Å². The Kier molecular flexibility index (Phi) is 10.6. The van der Waals surface area contributed by atoms with E-state index < -0.39 is 0 Å². The molecule has 1 unspecified atom stereocenters. The van der Waals surface area contributed by atoms with Gasteiger partial charge in [-0.2, -0.15) is 0 Å². The van der Waals surface area contributed by atoms with E-state index in [1.807, 2.05) is 6.92 Å². The fraction of sp³-hybridized carbons (Fsp3) is 0.929. The van der Waals surface area contributed by atoms with Gasteiger partial charge in [-0.05, 0) is 12.8 Å². The number of unbranched alkanes of at least 4 members (excludes halogenated alkanes) is 5. The Bertz CT molecular complexity index is 168. The van der Waals surface area contributed by atoms with Crippen LogP contribution in [0.1, 0.15) is 72.1 Å². The minimum Gasteiger partial charge on any atom is -0.356 e. The molecular weight excluding hydrogens is 198 g/mol. The van der Waals surface area contributed by atoms with E-state index in [0.717, 1.165) is 25.8 Å². The minimum atomic E-state index is 0.193. The number of amides is 1. The molecule has 1 amide bonds. The van der Waals surface area contributed by atoms with Gasteiger partial charge >= 0.3 is 0 Å². The highest BCUT2D eigenvalue weighted by molar-refractivity contribution is 5.78. The van der Waals surface area contributed by atoms with Crippen LogP contribution in [0.2, 0.25) is 0 Å². The van der Waals surface area contributed by atoms with Crippen LogP contribution in [0.5, 0.6) is 0 Å². The Morgan fingerprint density at radius 2 is 1.62 bits per heavy atom. The molecule has 0 heterocycles. The number of hydrogen-bond donors (Lipinski definition) is 1. The average molecular weight is 227 g/mol. The predicted molar refractivity (Wildman–Crippen MR) is 70.5 cm³/mol. The van der Waals surface area contributed by atoms with Crippen LogP contribution in [-0.4, -0.2) is 12.5 Å². The summed E-state index contributed by atoms with van der Waals surface area (Å²) < 4.78 is 0. The lowest BCUT2D eigenvalue weighted by molar-refractivity contribution is -0.124. The smallest absolute Gasteiger partial charge is 0.222 e. The molecule has 2 heteroatoms. The van der Waals surface area contributed by atoms with Gasteiger partial charge in [0.25, 0.3) is 0 Å². The van der Waals surface area contributed by atoms with Crippen molar-refractivity contribution in [3.8, 4) is 0 Å². The highest BCUT2D eigenvalue weighted by Crippen LogP contribution is 2.11. The second kappa shape index (κ2) is 11.0. The largest absolute Gasteiger partial charge is 0.356 e. The van der Waals surface area contributed by atoms with Gasteiger partial charge in [-0.3, -0.25) is 4.79 Å². The zero-order valence-electron chi connectivity index (χ0n) is 11.3. The van der Waals surface area contributed by atoms with Crippen LogP contribution in [0.4, 0.5) is 0 Å². The Labute approximate surface area is 101 Å². The van der Waals surface area contributed by atoms with Crippen molar-refractivity contribution in [2.24, 2.45) is 5.92 Å². The van der Waals surface area contributed by atoms with E-state index in [2.05, 4.69) is 19.2 Å². The van der Waals surface area contributed by atoms with Crippen molar-refractivity contribution >= 4 is 5.91 Å². The highest BCUT2D eigenvalue weighted by Gasteiger charge is 2.10. The Balaban J connectivity index is 3.40. The molecule has 0 saturated carbocycles. The summed E-state index contributed by atoms with van der Waals surface area (Å²) in [5.74, 6) is 0.433. The maximum atomic E-state index is 11.6. The van der Waals surface area contributed by atoms with Gasteiger partial charge < -0.3 is 5.32 Å². The maximum absolute atomic E-state index is 11.6. The Hall–Kier alpha value is -0.530. The molecule has 1 N–H and O–H groups in total. The van der Waals surface area contributed by atoms with Gasteiger partial charge in [0.15, 0.2) is 0 Å². The van der Waals surface area contributed by atoms with Gasteiger partial charge in [0.2, 0.25) is 5.91 Å². The molecule has 0 aromatic rings. The lowest BCUT2D eigenvalue weighted by Gasteiger charge is -2.11. The maximum Gasteiger partial charge on any atom is 0.222 e. The monoisotopic (exact) mass is 227 g/mol. The number of carbonyl (C=O) groups excluding carboxylic acids is 1. The van der Waals surface area contributed by atoms with Crippen LogP contribution >= 0.6 is 0 Å². The summed E-state index contributed by atoms with van der Waals surface area (Å²) in [5, 5.41) is 3.00. The quantitative estimate of drug-likeness (QED) is 0.563. The Morgan fingerprint density at radius 1 is 1.00 bits per heavy atom. The second-order valence-electron chi connectivity index (χ2n) is 4.75. The van der Waals surface area contributed by atoms with Gasteiger partial charge in [0.05, 0.1) is 0 Å². The van der Waals surface area contributed by atoms with E-state index >= 15 is 0 Å². The zero-order chi connectivity index (χ0) is 12.2. The fourth-order valence-corrected chi connectivity index (χ4v) is 1.75. The van der Waals surface area contributed by atoms with E-state index in [1.165, 1.54) is 32.1 Å². The van der Waals surface area contributed by atoms with Gasteiger partial charge in [0.1, 0.15) is 0 Å². The molecule has 0 rings (SSSR count). The number of nitrogens with one attached hydrogen (secondary N) is 1. The third-order valence-corrected chi connectivity index (χ3v) is 3.02. The molecule has 96 valence electrons. The molecule has 0 aliphatic heterocycles. The first kappa shape index (κ1) is 15.5. The van der Waals surface area contributed by atoms with Crippen LogP contribution in [0.25, 0.3) is 0 Å². The lowest BCUT2D eigenvalue weighted by atomic mass is 10.0. The summed E-state index contributed by atoms with van der Waals surface area (Å²) in [4.78, 5) is 11.6. The normalized spacial score (nSPS) is 12.4. The van der Waals surface area contributed by atoms with Crippen molar-refractivity contribution < 1.29 is 4.79 Å². The predicted octanol–water partition coefficient (Wildman–Crippen LogP) is 3.90. The van der Waals surface area contributed by atoms with Crippen molar-refractivity contribution in [2.45, 2.75) is 72.1 Å². The molecule has 0 spiro atoms. The minimum absolute atomic E-state index is 0.193. The molecule has 0 aromatic carbocycles. The highest BCUT2D eigenvalue weighted by atomic mass is 16.1. The van der Waals surface area contributed by atoms with Crippen molar-refractivity contribution in [2.75, 3.05) is 6.54 Å². The van der Waals surface area contributed by atoms with Crippen molar-refractivity contribution in [1.29, 1.82) is 0 Å².